The van der Waals surface area contributed by atoms with Crippen LogP contribution in [0, 0.1) is 0 Å². The molecule has 1 fully saturated rings. The number of benzene rings is 1. The van der Waals surface area contributed by atoms with Crippen LogP contribution in [0.3, 0.4) is 0 Å². The van der Waals surface area contributed by atoms with Crippen LogP contribution < -0.4 is 4.74 Å². The monoisotopic (exact) mass is 438 g/mol. The van der Waals surface area contributed by atoms with Gasteiger partial charge in [-0.2, -0.15) is 5.10 Å². The van der Waals surface area contributed by atoms with Crippen molar-refractivity contribution in [1.29, 1.82) is 0 Å². The van der Waals surface area contributed by atoms with E-state index in [1.807, 2.05) is 24.3 Å². The highest BCUT2D eigenvalue weighted by Gasteiger charge is 2.31. The first-order chi connectivity index (χ1) is 12.9. The lowest BCUT2D eigenvalue weighted by atomic mass is 9.86. The molecule has 7 nitrogen and oxygen atoms in total. The van der Waals surface area contributed by atoms with Crippen LogP contribution in [0.1, 0.15) is 41.5 Å². The van der Waals surface area contributed by atoms with E-state index < -0.39 is 11.6 Å². The first-order valence-electron chi connectivity index (χ1n) is 8.86. The molecule has 3 rings (SSSR count). The second kappa shape index (κ2) is 8.41. The lowest BCUT2D eigenvalue weighted by Crippen LogP contribution is -2.33. The number of nitrogens with zero attached hydrogens (tertiary/aromatic N) is 2. The van der Waals surface area contributed by atoms with Crippen molar-refractivity contribution in [2.75, 3.05) is 19.8 Å². The molecule has 146 valence electrons. The second-order valence-electron chi connectivity index (χ2n) is 6.41. The molecule has 0 radical (unpaired) electrons. The molecule has 27 heavy (non-hydrogen) atoms. The first kappa shape index (κ1) is 19.9. The van der Waals surface area contributed by atoms with Crippen molar-refractivity contribution in [3.8, 4) is 5.75 Å². The summed E-state index contributed by atoms with van der Waals surface area (Å²) in [4.78, 5) is 12.0. The fourth-order valence-corrected chi connectivity index (χ4v) is 3.69. The number of hydrogen-bond donors (Lipinski definition) is 1. The number of ether oxygens (including phenoxy) is 3. The number of esters is 1. The van der Waals surface area contributed by atoms with Gasteiger partial charge in [-0.1, -0.05) is 12.1 Å². The van der Waals surface area contributed by atoms with Gasteiger partial charge in [-0.15, -0.1) is 0 Å². The van der Waals surface area contributed by atoms with Crippen LogP contribution in [0.5, 0.6) is 5.75 Å². The Kier molecular flexibility index (Phi) is 6.18. The maximum absolute atomic E-state index is 12.0. The molecule has 0 unspecified atom stereocenters. The summed E-state index contributed by atoms with van der Waals surface area (Å²) in [5.74, 6) is 0.226. The fourth-order valence-electron chi connectivity index (χ4n) is 3.08. The molecule has 1 aliphatic heterocycles. The number of aromatic nitrogens is 2. The van der Waals surface area contributed by atoms with Gasteiger partial charge in [-0.05, 0) is 40.5 Å². The Morgan fingerprint density at radius 2 is 2.00 bits per heavy atom. The van der Waals surface area contributed by atoms with Gasteiger partial charge in [-0.3, -0.25) is 4.68 Å². The molecule has 1 saturated heterocycles. The lowest BCUT2D eigenvalue weighted by molar-refractivity contribution is -0.0679. The summed E-state index contributed by atoms with van der Waals surface area (Å²) >= 11 is 3.41. The number of hydrogen-bond acceptors (Lipinski definition) is 6. The third kappa shape index (κ3) is 4.34. The summed E-state index contributed by atoms with van der Waals surface area (Å²) in [6.45, 7) is 3.38. The smallest absolute Gasteiger partial charge is 0.357 e. The van der Waals surface area contributed by atoms with E-state index in [9.17, 15) is 9.90 Å². The molecule has 0 bridgehead atoms. The Morgan fingerprint density at radius 3 is 2.63 bits per heavy atom. The Labute approximate surface area is 166 Å². The molecular formula is C19H23BrN2O5. The molecule has 0 aliphatic carbocycles. The minimum absolute atomic E-state index is 0.200. The number of aryl methyl sites for hydroxylation is 1. The van der Waals surface area contributed by atoms with Crippen molar-refractivity contribution in [3.05, 3.63) is 45.7 Å². The molecule has 1 aromatic carbocycles. The maximum atomic E-state index is 12.0. The van der Waals surface area contributed by atoms with Crippen LogP contribution >= 0.6 is 15.9 Å². The second-order valence-corrected chi connectivity index (χ2v) is 7.20. The molecule has 0 atom stereocenters. The highest BCUT2D eigenvalue weighted by atomic mass is 79.9. The zero-order chi connectivity index (χ0) is 19.4. The van der Waals surface area contributed by atoms with Gasteiger partial charge in [0, 0.05) is 33.1 Å². The topological polar surface area (TPSA) is 82.8 Å². The van der Waals surface area contributed by atoms with E-state index >= 15 is 0 Å². The summed E-state index contributed by atoms with van der Waals surface area (Å²) in [6.07, 6.45) is 1.18. The fraction of sp³-hybridized carbons (Fsp3) is 0.474. The number of carbonyl (C=O) groups is 1. The first-order valence-corrected chi connectivity index (χ1v) is 9.66. The predicted molar refractivity (Wildman–Crippen MR) is 102 cm³/mol. The highest BCUT2D eigenvalue weighted by Crippen LogP contribution is 2.33. The average molecular weight is 439 g/mol. The third-order valence-electron chi connectivity index (χ3n) is 4.61. The number of carbonyl (C=O) groups excluding carboxylic acids is 1. The van der Waals surface area contributed by atoms with Gasteiger partial charge < -0.3 is 19.3 Å². The van der Waals surface area contributed by atoms with Crippen LogP contribution in [0.2, 0.25) is 0 Å². The minimum Gasteiger partial charge on any atom is -0.487 e. The summed E-state index contributed by atoms with van der Waals surface area (Å²) in [6, 6.07) is 7.40. The quantitative estimate of drug-likeness (QED) is 0.698. The molecule has 1 aromatic heterocycles. The molecule has 0 amide bonds. The van der Waals surface area contributed by atoms with Gasteiger partial charge in [-0.25, -0.2) is 4.79 Å². The van der Waals surface area contributed by atoms with Crippen LogP contribution in [0.4, 0.5) is 0 Å². The summed E-state index contributed by atoms with van der Waals surface area (Å²) in [7, 11) is 1.68. The maximum Gasteiger partial charge on any atom is 0.357 e. The van der Waals surface area contributed by atoms with Gasteiger partial charge in [0.25, 0.3) is 0 Å². The van der Waals surface area contributed by atoms with E-state index in [0.717, 1.165) is 5.56 Å². The van der Waals surface area contributed by atoms with Crippen molar-refractivity contribution in [1.82, 2.24) is 9.78 Å². The number of halogens is 1. The number of rotatable bonds is 6. The zero-order valence-electron chi connectivity index (χ0n) is 15.4. The summed E-state index contributed by atoms with van der Waals surface area (Å²) in [5, 5.41) is 15.0. The molecule has 8 heteroatoms. The molecule has 0 spiro atoms. The van der Waals surface area contributed by atoms with Gasteiger partial charge in [0.05, 0.1) is 16.7 Å². The van der Waals surface area contributed by atoms with E-state index in [4.69, 9.17) is 14.2 Å². The standard InChI is InChI=1S/C19H23BrN2O5/c1-3-26-18(23)17-16(20)15(21-22(17)2)12-27-14-6-4-13(5-7-14)19(24)8-10-25-11-9-19/h4-7,24H,3,8-12H2,1-2H3. The Hall–Kier alpha value is -1.90. The SMILES string of the molecule is CCOC(=O)c1c(Br)c(COc2ccc(C3(O)CCOCC3)cc2)nn1C. The van der Waals surface area contributed by atoms with Crippen molar-refractivity contribution in [3.63, 3.8) is 0 Å². The normalized spacial score (nSPS) is 16.1. The Balaban J connectivity index is 1.67. The van der Waals surface area contributed by atoms with Gasteiger partial charge in [0.2, 0.25) is 0 Å². The minimum atomic E-state index is -0.838. The van der Waals surface area contributed by atoms with Crippen LogP contribution in [-0.4, -0.2) is 40.7 Å². The van der Waals surface area contributed by atoms with E-state index in [0.29, 0.717) is 54.3 Å². The predicted octanol–water partition coefficient (Wildman–Crippen LogP) is 2.94. The van der Waals surface area contributed by atoms with Crippen molar-refractivity contribution < 1.29 is 24.1 Å². The number of aliphatic hydroxyl groups is 1. The average Bonchev–Trinajstić information content (AvgIpc) is 2.95. The van der Waals surface area contributed by atoms with Crippen LogP contribution in [-0.2, 0) is 28.7 Å². The van der Waals surface area contributed by atoms with E-state index in [-0.39, 0.29) is 6.61 Å². The molecule has 1 aliphatic rings. The van der Waals surface area contributed by atoms with Gasteiger partial charge in [0.15, 0.2) is 5.69 Å². The summed E-state index contributed by atoms with van der Waals surface area (Å²) < 4.78 is 18.2. The van der Waals surface area contributed by atoms with E-state index in [1.54, 1.807) is 14.0 Å². The highest BCUT2D eigenvalue weighted by molar-refractivity contribution is 9.10. The largest absolute Gasteiger partial charge is 0.487 e. The van der Waals surface area contributed by atoms with Crippen LogP contribution in [0.15, 0.2) is 28.7 Å². The third-order valence-corrected chi connectivity index (χ3v) is 5.44. The lowest BCUT2D eigenvalue weighted by Gasteiger charge is -2.32. The van der Waals surface area contributed by atoms with Crippen molar-refractivity contribution in [2.45, 2.75) is 32.0 Å². The van der Waals surface area contributed by atoms with Crippen molar-refractivity contribution >= 4 is 21.9 Å². The van der Waals surface area contributed by atoms with E-state index in [1.165, 1.54) is 4.68 Å². The van der Waals surface area contributed by atoms with E-state index in [2.05, 4.69) is 21.0 Å². The van der Waals surface area contributed by atoms with Crippen molar-refractivity contribution in [2.24, 2.45) is 7.05 Å². The summed E-state index contributed by atoms with van der Waals surface area (Å²) in [5.41, 5.74) is 0.983. The molecule has 2 heterocycles. The zero-order valence-corrected chi connectivity index (χ0v) is 17.0. The molecule has 0 saturated carbocycles. The Morgan fingerprint density at radius 1 is 1.33 bits per heavy atom. The molecular weight excluding hydrogens is 416 g/mol. The molecule has 1 N–H and O–H groups in total. The Bertz CT molecular complexity index is 797. The van der Waals surface area contributed by atoms with Gasteiger partial charge in [0.1, 0.15) is 18.1 Å². The van der Waals surface area contributed by atoms with Crippen LogP contribution in [0.25, 0.3) is 0 Å². The molecule has 2 aromatic rings. The van der Waals surface area contributed by atoms with Gasteiger partial charge >= 0.3 is 5.97 Å².